The second-order valence-corrected chi connectivity index (χ2v) is 5.74. The maximum absolute atomic E-state index is 5.84. The fraction of sp³-hybridized carbons (Fsp3) is 0.353. The minimum atomic E-state index is 0.674. The third kappa shape index (κ3) is 5.48. The molecule has 0 saturated heterocycles. The maximum atomic E-state index is 5.84. The number of benzene rings is 1. The van der Waals surface area contributed by atoms with Crippen molar-refractivity contribution in [3.63, 3.8) is 0 Å². The largest absolute Gasteiger partial charge is 0.493 e. The third-order valence-corrected chi connectivity index (χ3v) is 3.94. The Hall–Kier alpha value is -1.39. The summed E-state index contributed by atoms with van der Waals surface area (Å²) in [5, 5.41) is 3.41. The lowest BCUT2D eigenvalue weighted by molar-refractivity contribution is 0.321. The molecule has 0 amide bonds. The lowest BCUT2D eigenvalue weighted by Crippen LogP contribution is -2.14. The molecule has 2 rings (SSSR count). The van der Waals surface area contributed by atoms with Crippen LogP contribution in [0.15, 0.2) is 47.2 Å². The molecule has 112 valence electrons. The van der Waals surface area contributed by atoms with E-state index in [4.69, 9.17) is 4.74 Å². The third-order valence-electron chi connectivity index (χ3n) is 3.17. The van der Waals surface area contributed by atoms with Crippen LogP contribution in [0.1, 0.15) is 24.5 Å². The molecule has 3 nitrogen and oxygen atoms in total. The van der Waals surface area contributed by atoms with E-state index in [0.29, 0.717) is 6.61 Å². The molecule has 1 heterocycles. The zero-order chi connectivity index (χ0) is 14.9. The number of nitrogens with one attached hydrogen (secondary N) is 1. The highest BCUT2D eigenvalue weighted by atomic mass is 79.9. The summed E-state index contributed by atoms with van der Waals surface area (Å²) in [5.41, 5.74) is 2.47. The van der Waals surface area contributed by atoms with Gasteiger partial charge < -0.3 is 10.1 Å². The van der Waals surface area contributed by atoms with E-state index in [2.05, 4.69) is 39.2 Å². The quantitative estimate of drug-likeness (QED) is 0.733. The van der Waals surface area contributed by atoms with Crippen LogP contribution in [0.3, 0.4) is 0 Å². The van der Waals surface area contributed by atoms with Gasteiger partial charge in [0.15, 0.2) is 0 Å². The van der Waals surface area contributed by atoms with E-state index in [1.165, 1.54) is 11.1 Å². The molecule has 21 heavy (non-hydrogen) atoms. The predicted molar refractivity (Wildman–Crippen MR) is 89.6 cm³/mol. The topological polar surface area (TPSA) is 34.1 Å². The summed E-state index contributed by atoms with van der Waals surface area (Å²) >= 11 is 3.58. The van der Waals surface area contributed by atoms with Crippen LogP contribution in [-0.4, -0.2) is 18.1 Å². The molecule has 0 spiro atoms. The molecule has 1 aromatic heterocycles. The number of halogens is 1. The van der Waals surface area contributed by atoms with Crippen molar-refractivity contribution in [1.82, 2.24) is 10.3 Å². The summed E-state index contributed by atoms with van der Waals surface area (Å²) < 4.78 is 6.96. The molecule has 0 aliphatic rings. The minimum absolute atomic E-state index is 0.674. The first kappa shape index (κ1) is 16.0. The Balaban J connectivity index is 1.86. The van der Waals surface area contributed by atoms with E-state index in [1.54, 1.807) is 0 Å². The smallest absolute Gasteiger partial charge is 0.119 e. The molecule has 2 aromatic rings. The van der Waals surface area contributed by atoms with E-state index in [-0.39, 0.29) is 0 Å². The van der Waals surface area contributed by atoms with Gasteiger partial charge in [-0.15, -0.1) is 0 Å². The highest BCUT2D eigenvalue weighted by Gasteiger charge is 2.03. The minimum Gasteiger partial charge on any atom is -0.493 e. The molecule has 0 atom stereocenters. The summed E-state index contributed by atoms with van der Waals surface area (Å²) in [7, 11) is 0. The number of nitrogens with zero attached hydrogens (tertiary/aromatic N) is 1. The Morgan fingerprint density at radius 3 is 2.76 bits per heavy atom. The number of aromatic nitrogens is 1. The van der Waals surface area contributed by atoms with Crippen LogP contribution in [0.5, 0.6) is 5.75 Å². The summed E-state index contributed by atoms with van der Waals surface area (Å²) in [4.78, 5) is 4.02. The van der Waals surface area contributed by atoms with Crippen molar-refractivity contribution in [3.8, 4) is 5.75 Å². The van der Waals surface area contributed by atoms with Crippen LogP contribution in [0.4, 0.5) is 0 Å². The number of pyridine rings is 1. The van der Waals surface area contributed by atoms with Gasteiger partial charge in [-0.3, -0.25) is 4.98 Å². The molecule has 0 radical (unpaired) electrons. The molecular formula is C17H21BrN2O. The average molecular weight is 349 g/mol. The molecule has 0 aliphatic carbocycles. The van der Waals surface area contributed by atoms with Crippen LogP contribution in [0.25, 0.3) is 0 Å². The number of hydrogen-bond acceptors (Lipinski definition) is 3. The van der Waals surface area contributed by atoms with E-state index >= 15 is 0 Å². The lowest BCUT2D eigenvalue weighted by Gasteiger charge is -2.10. The first-order valence-corrected chi connectivity index (χ1v) is 8.09. The van der Waals surface area contributed by atoms with Crippen LogP contribution in [-0.2, 0) is 13.0 Å². The summed E-state index contributed by atoms with van der Waals surface area (Å²) in [6, 6.07) is 10.2. The molecule has 1 N–H and O–H groups in total. The zero-order valence-electron chi connectivity index (χ0n) is 12.3. The molecule has 1 aromatic carbocycles. The van der Waals surface area contributed by atoms with Crippen LogP contribution in [0.2, 0.25) is 0 Å². The Morgan fingerprint density at radius 1 is 1.19 bits per heavy atom. The first-order chi connectivity index (χ1) is 10.3. The van der Waals surface area contributed by atoms with Gasteiger partial charge in [-0.1, -0.05) is 22.9 Å². The van der Waals surface area contributed by atoms with E-state index in [0.717, 1.165) is 36.2 Å². The van der Waals surface area contributed by atoms with Gasteiger partial charge >= 0.3 is 0 Å². The molecule has 0 unspecified atom stereocenters. The van der Waals surface area contributed by atoms with Crippen molar-refractivity contribution in [1.29, 1.82) is 0 Å². The van der Waals surface area contributed by atoms with Crippen LogP contribution >= 0.6 is 15.9 Å². The molecule has 0 saturated carbocycles. The number of hydrogen-bond donors (Lipinski definition) is 1. The summed E-state index contributed by atoms with van der Waals surface area (Å²) in [5.74, 6) is 0.917. The van der Waals surface area contributed by atoms with Gasteiger partial charge in [0.05, 0.1) is 6.61 Å². The van der Waals surface area contributed by atoms with Crippen LogP contribution < -0.4 is 10.1 Å². The summed E-state index contributed by atoms with van der Waals surface area (Å²) in [6.45, 7) is 4.73. The predicted octanol–water partition coefficient (Wildman–Crippen LogP) is 3.97. The van der Waals surface area contributed by atoms with Gasteiger partial charge in [-0.25, -0.2) is 0 Å². The highest BCUT2D eigenvalue weighted by molar-refractivity contribution is 9.10. The van der Waals surface area contributed by atoms with Crippen molar-refractivity contribution >= 4 is 15.9 Å². The molecule has 4 heteroatoms. The van der Waals surface area contributed by atoms with E-state index in [9.17, 15) is 0 Å². The van der Waals surface area contributed by atoms with Crippen molar-refractivity contribution in [2.75, 3.05) is 13.2 Å². The molecule has 0 aliphatic heterocycles. The van der Waals surface area contributed by atoms with Crippen LogP contribution in [0, 0.1) is 0 Å². The van der Waals surface area contributed by atoms with Crippen molar-refractivity contribution < 1.29 is 4.74 Å². The standard InChI is InChI=1S/C17H21BrN2O/c1-2-8-20-13-15-12-16(3-4-17(15)18)21-11-7-14-5-9-19-10-6-14/h3-6,9-10,12,20H,2,7-8,11,13H2,1H3. The molecule has 0 bridgehead atoms. The number of ether oxygens (including phenoxy) is 1. The van der Waals surface area contributed by atoms with Gasteiger partial charge in [0.1, 0.15) is 5.75 Å². The van der Waals surface area contributed by atoms with Gasteiger partial charge in [0.25, 0.3) is 0 Å². The van der Waals surface area contributed by atoms with Crippen molar-refractivity contribution in [2.45, 2.75) is 26.3 Å². The Bertz CT molecular complexity index is 546. The summed E-state index contributed by atoms with van der Waals surface area (Å²) in [6.07, 6.45) is 5.65. The fourth-order valence-electron chi connectivity index (χ4n) is 2.01. The Morgan fingerprint density at radius 2 is 2.00 bits per heavy atom. The second-order valence-electron chi connectivity index (χ2n) is 4.88. The van der Waals surface area contributed by atoms with Gasteiger partial charge in [0.2, 0.25) is 0 Å². The molecule has 0 fully saturated rings. The SMILES string of the molecule is CCCNCc1cc(OCCc2ccncc2)ccc1Br. The lowest BCUT2D eigenvalue weighted by atomic mass is 10.2. The number of rotatable bonds is 8. The Kier molecular flexibility index (Phi) is 6.70. The average Bonchev–Trinajstić information content (AvgIpc) is 2.51. The van der Waals surface area contributed by atoms with Gasteiger partial charge in [-0.2, -0.15) is 0 Å². The fourth-order valence-corrected chi connectivity index (χ4v) is 2.40. The highest BCUT2D eigenvalue weighted by Crippen LogP contribution is 2.22. The zero-order valence-corrected chi connectivity index (χ0v) is 13.9. The maximum Gasteiger partial charge on any atom is 0.119 e. The second kappa shape index (κ2) is 8.80. The first-order valence-electron chi connectivity index (χ1n) is 7.30. The van der Waals surface area contributed by atoms with Crippen molar-refractivity contribution in [2.24, 2.45) is 0 Å². The normalized spacial score (nSPS) is 10.6. The van der Waals surface area contributed by atoms with E-state index in [1.807, 2.05) is 36.7 Å². The van der Waals surface area contributed by atoms with E-state index < -0.39 is 0 Å². The van der Waals surface area contributed by atoms with Gasteiger partial charge in [0, 0.05) is 29.8 Å². The Labute approximate surface area is 134 Å². The van der Waals surface area contributed by atoms with Gasteiger partial charge in [-0.05, 0) is 54.4 Å². The molecular weight excluding hydrogens is 328 g/mol. The van der Waals surface area contributed by atoms with Crippen molar-refractivity contribution in [3.05, 3.63) is 58.3 Å². The monoisotopic (exact) mass is 348 g/mol.